The van der Waals surface area contributed by atoms with Gasteiger partial charge in [-0.1, -0.05) is 0 Å². The van der Waals surface area contributed by atoms with Gasteiger partial charge in [0.05, 0.1) is 16.9 Å². The van der Waals surface area contributed by atoms with E-state index in [1.807, 2.05) is 26.8 Å². The van der Waals surface area contributed by atoms with Gasteiger partial charge in [0, 0.05) is 36.5 Å². The quantitative estimate of drug-likeness (QED) is 0.631. The molecular weight excluding hydrogens is 411 g/mol. The van der Waals surface area contributed by atoms with Crippen molar-refractivity contribution in [3.63, 3.8) is 0 Å². The summed E-state index contributed by atoms with van der Waals surface area (Å²) < 4.78 is 42.0. The number of hydrogen-bond donors (Lipinski definition) is 2. The first-order valence-electron chi connectivity index (χ1n) is 9.57. The zero-order valence-corrected chi connectivity index (χ0v) is 17.5. The van der Waals surface area contributed by atoms with Crippen LogP contribution in [0.15, 0.2) is 24.3 Å². The monoisotopic (exact) mass is 433 g/mol. The van der Waals surface area contributed by atoms with Crippen molar-refractivity contribution in [2.45, 2.75) is 46.7 Å². The van der Waals surface area contributed by atoms with Crippen molar-refractivity contribution in [2.75, 3.05) is 10.6 Å². The third-order valence-electron chi connectivity index (χ3n) is 4.81. The molecule has 0 aliphatic rings. The lowest BCUT2D eigenvalue weighted by atomic mass is 10.1. The number of hydrogen-bond acceptors (Lipinski definition) is 4. The summed E-state index contributed by atoms with van der Waals surface area (Å²) in [6.45, 7) is 6.74. The Morgan fingerprint density at radius 2 is 1.81 bits per heavy atom. The Labute approximate surface area is 176 Å². The Hall–Kier alpha value is -3.43. The number of amides is 2. The molecule has 164 valence electrons. The Morgan fingerprint density at radius 3 is 2.45 bits per heavy atom. The molecule has 0 fully saturated rings. The Morgan fingerprint density at radius 1 is 1.10 bits per heavy atom. The fourth-order valence-electron chi connectivity index (χ4n) is 3.42. The van der Waals surface area contributed by atoms with Crippen LogP contribution >= 0.6 is 0 Å². The maximum absolute atomic E-state index is 13.4. The highest BCUT2D eigenvalue weighted by Crippen LogP contribution is 2.36. The molecule has 0 spiro atoms. The third-order valence-corrected chi connectivity index (χ3v) is 4.81. The molecule has 10 heteroatoms. The molecule has 0 saturated carbocycles. The highest BCUT2D eigenvalue weighted by molar-refractivity contribution is 5.93. The minimum Gasteiger partial charge on any atom is -0.326 e. The lowest BCUT2D eigenvalue weighted by molar-refractivity contribution is -0.137. The Bertz CT molecular complexity index is 1170. The van der Waals surface area contributed by atoms with Gasteiger partial charge in [-0.05, 0) is 51.0 Å². The summed E-state index contributed by atoms with van der Waals surface area (Å²) in [6.07, 6.45) is -4.42. The summed E-state index contributed by atoms with van der Waals surface area (Å²) in [6, 6.07) is 5.07. The molecule has 2 aromatic heterocycles. The summed E-state index contributed by atoms with van der Waals surface area (Å²) in [5.41, 5.74) is 2.51. The highest BCUT2D eigenvalue weighted by Gasteiger charge is 2.34. The average molecular weight is 433 g/mol. The van der Waals surface area contributed by atoms with Gasteiger partial charge in [0.2, 0.25) is 11.8 Å². The van der Waals surface area contributed by atoms with Crippen molar-refractivity contribution < 1.29 is 22.8 Å². The summed E-state index contributed by atoms with van der Waals surface area (Å²) in [5.74, 6) is -1.05. The Balaban J connectivity index is 1.78. The van der Waals surface area contributed by atoms with Crippen molar-refractivity contribution in [1.82, 2.24) is 14.6 Å². The van der Waals surface area contributed by atoms with Crippen molar-refractivity contribution in [3.05, 3.63) is 52.5 Å². The average Bonchev–Trinajstić information content (AvgIpc) is 3.02. The van der Waals surface area contributed by atoms with Crippen molar-refractivity contribution in [3.8, 4) is 0 Å². The maximum atomic E-state index is 13.4. The normalized spacial score (nSPS) is 11.6. The lowest BCUT2D eigenvalue weighted by Gasteiger charge is -2.16. The molecule has 0 saturated heterocycles. The standard InChI is InChI=1S/C21H22F3N5O2/c1-11-9-19-25-12(2)16(13(3)29(19)28-11)6-8-20(31)27-18-7-5-15(26-14(4)30)10-17(18)21(22,23)24/h5,7,9-10H,6,8H2,1-4H3,(H,26,30)(H,27,31). The van der Waals surface area contributed by atoms with E-state index in [0.717, 1.165) is 34.8 Å². The van der Waals surface area contributed by atoms with E-state index < -0.39 is 23.6 Å². The van der Waals surface area contributed by atoms with Gasteiger partial charge in [-0.15, -0.1) is 0 Å². The molecule has 0 bridgehead atoms. The first-order valence-corrected chi connectivity index (χ1v) is 9.57. The summed E-state index contributed by atoms with van der Waals surface area (Å²) in [7, 11) is 0. The van der Waals surface area contributed by atoms with Gasteiger partial charge >= 0.3 is 6.18 Å². The van der Waals surface area contributed by atoms with E-state index in [4.69, 9.17) is 0 Å². The van der Waals surface area contributed by atoms with Crippen LogP contribution in [0.4, 0.5) is 24.5 Å². The van der Waals surface area contributed by atoms with Gasteiger partial charge in [0.15, 0.2) is 5.65 Å². The molecule has 31 heavy (non-hydrogen) atoms. The number of aryl methyl sites for hydroxylation is 3. The zero-order chi connectivity index (χ0) is 22.9. The molecule has 2 N–H and O–H groups in total. The van der Waals surface area contributed by atoms with Crippen molar-refractivity contribution >= 4 is 28.8 Å². The van der Waals surface area contributed by atoms with E-state index in [9.17, 15) is 22.8 Å². The number of fused-ring (bicyclic) bond motifs is 1. The van der Waals surface area contributed by atoms with Crippen LogP contribution in [0, 0.1) is 20.8 Å². The number of alkyl halides is 3. The van der Waals surface area contributed by atoms with Gasteiger partial charge in [-0.3, -0.25) is 9.59 Å². The van der Waals surface area contributed by atoms with Gasteiger partial charge in [-0.2, -0.15) is 18.3 Å². The zero-order valence-electron chi connectivity index (χ0n) is 17.5. The van der Waals surface area contributed by atoms with Crippen LogP contribution < -0.4 is 10.6 Å². The number of benzene rings is 1. The smallest absolute Gasteiger partial charge is 0.326 e. The SMILES string of the molecule is CC(=O)Nc1ccc(NC(=O)CCc2c(C)nc3cc(C)nn3c2C)c(C(F)(F)F)c1. The van der Waals surface area contributed by atoms with Gasteiger partial charge in [-0.25, -0.2) is 9.50 Å². The van der Waals surface area contributed by atoms with Crippen LogP contribution in [-0.4, -0.2) is 26.4 Å². The second-order valence-corrected chi connectivity index (χ2v) is 7.30. The number of nitrogens with one attached hydrogen (secondary N) is 2. The van der Waals surface area contributed by atoms with Crippen LogP contribution in [-0.2, 0) is 22.2 Å². The van der Waals surface area contributed by atoms with E-state index in [-0.39, 0.29) is 17.8 Å². The van der Waals surface area contributed by atoms with Gasteiger partial charge < -0.3 is 10.6 Å². The number of anilines is 2. The summed E-state index contributed by atoms with van der Waals surface area (Å²) in [5, 5.41) is 9.02. The number of carbonyl (C=O) groups excluding carboxylic acids is 2. The van der Waals surface area contributed by atoms with Crippen LogP contribution in [0.2, 0.25) is 0 Å². The number of nitrogens with zero attached hydrogens (tertiary/aromatic N) is 3. The molecule has 3 aromatic rings. The molecule has 3 rings (SSSR count). The minimum absolute atomic E-state index is 0.00188. The van der Waals surface area contributed by atoms with Gasteiger partial charge in [0.25, 0.3) is 0 Å². The van der Waals surface area contributed by atoms with Crippen LogP contribution in [0.3, 0.4) is 0 Å². The molecule has 2 amide bonds. The fourth-order valence-corrected chi connectivity index (χ4v) is 3.42. The van der Waals surface area contributed by atoms with Crippen molar-refractivity contribution in [1.29, 1.82) is 0 Å². The Kier molecular flexibility index (Phi) is 6.01. The van der Waals surface area contributed by atoms with E-state index >= 15 is 0 Å². The predicted molar refractivity (Wildman–Crippen MR) is 110 cm³/mol. The fraction of sp³-hybridized carbons (Fsp3) is 0.333. The first kappa shape index (κ1) is 22.3. The number of carbonyl (C=O) groups is 2. The van der Waals surface area contributed by atoms with Crippen molar-refractivity contribution in [2.24, 2.45) is 0 Å². The molecule has 0 atom stereocenters. The number of halogens is 3. The van der Waals surface area contributed by atoms with Crippen LogP contribution in [0.5, 0.6) is 0 Å². The predicted octanol–water partition coefficient (Wildman–Crippen LogP) is 4.20. The molecule has 0 unspecified atom stereocenters. The van der Waals surface area contributed by atoms with Crippen LogP contribution in [0.25, 0.3) is 5.65 Å². The molecule has 0 radical (unpaired) electrons. The number of aromatic nitrogens is 3. The topological polar surface area (TPSA) is 88.4 Å². The van der Waals surface area contributed by atoms with Gasteiger partial charge in [0.1, 0.15) is 0 Å². The molecule has 2 heterocycles. The first-order chi connectivity index (χ1) is 14.5. The molecule has 1 aromatic carbocycles. The molecule has 0 aliphatic carbocycles. The second kappa shape index (κ2) is 8.37. The molecule has 7 nitrogen and oxygen atoms in total. The largest absolute Gasteiger partial charge is 0.418 e. The summed E-state index contributed by atoms with van der Waals surface area (Å²) in [4.78, 5) is 28.0. The molecule has 0 aliphatic heterocycles. The highest BCUT2D eigenvalue weighted by atomic mass is 19.4. The third kappa shape index (κ3) is 5.01. The van der Waals surface area contributed by atoms with E-state index in [1.54, 1.807) is 4.52 Å². The second-order valence-electron chi connectivity index (χ2n) is 7.30. The van der Waals surface area contributed by atoms with E-state index in [1.165, 1.54) is 13.0 Å². The summed E-state index contributed by atoms with van der Waals surface area (Å²) >= 11 is 0. The lowest BCUT2D eigenvalue weighted by Crippen LogP contribution is -2.18. The number of rotatable bonds is 5. The van der Waals surface area contributed by atoms with Crippen LogP contribution in [0.1, 0.15) is 41.6 Å². The maximum Gasteiger partial charge on any atom is 0.418 e. The molecular formula is C21H22F3N5O2. The minimum atomic E-state index is -4.70. The van der Waals surface area contributed by atoms with E-state index in [0.29, 0.717) is 12.1 Å². The van der Waals surface area contributed by atoms with E-state index in [2.05, 4.69) is 20.7 Å².